The maximum Gasteiger partial charge on any atom is 0.170 e. The SMILES string of the molecule is CC(CO)CCCNCc1ccc(/C(N)=N/O)cc1. The number of rotatable bonds is 8. The van der Waals surface area contributed by atoms with Gasteiger partial charge in [0.05, 0.1) is 0 Å². The second-order valence-corrected chi connectivity index (χ2v) is 4.79. The van der Waals surface area contributed by atoms with Crippen molar-refractivity contribution in [2.75, 3.05) is 13.2 Å². The fourth-order valence-electron chi connectivity index (χ4n) is 1.75. The number of oxime groups is 1. The highest BCUT2D eigenvalue weighted by Gasteiger charge is 2.00. The Hall–Kier alpha value is -1.59. The summed E-state index contributed by atoms with van der Waals surface area (Å²) in [6, 6.07) is 7.58. The molecule has 0 aliphatic heterocycles. The molecule has 0 aliphatic rings. The highest BCUT2D eigenvalue weighted by Crippen LogP contribution is 2.05. The molecule has 0 radical (unpaired) electrons. The normalized spacial score (nSPS) is 13.5. The maximum absolute atomic E-state index is 8.90. The third kappa shape index (κ3) is 5.72. The van der Waals surface area contributed by atoms with Crippen molar-refractivity contribution in [1.82, 2.24) is 5.32 Å². The van der Waals surface area contributed by atoms with Gasteiger partial charge in [-0.3, -0.25) is 0 Å². The molecule has 0 aliphatic carbocycles. The lowest BCUT2D eigenvalue weighted by molar-refractivity contribution is 0.228. The van der Waals surface area contributed by atoms with Crippen molar-refractivity contribution in [2.24, 2.45) is 16.8 Å². The molecule has 19 heavy (non-hydrogen) atoms. The van der Waals surface area contributed by atoms with Crippen LogP contribution in [0.3, 0.4) is 0 Å². The minimum absolute atomic E-state index is 0.123. The van der Waals surface area contributed by atoms with Crippen LogP contribution in [0.1, 0.15) is 30.9 Å². The number of hydrogen-bond acceptors (Lipinski definition) is 4. The van der Waals surface area contributed by atoms with E-state index >= 15 is 0 Å². The Kier molecular flexibility index (Phi) is 6.92. The number of nitrogens with one attached hydrogen (secondary N) is 1. The molecule has 0 heterocycles. The molecule has 0 aromatic heterocycles. The molecule has 0 spiro atoms. The van der Waals surface area contributed by atoms with Crippen molar-refractivity contribution in [3.63, 3.8) is 0 Å². The van der Waals surface area contributed by atoms with Gasteiger partial charge >= 0.3 is 0 Å². The van der Waals surface area contributed by atoms with Crippen molar-refractivity contribution < 1.29 is 10.3 Å². The molecule has 0 amide bonds. The number of benzene rings is 1. The van der Waals surface area contributed by atoms with Crippen LogP contribution < -0.4 is 11.1 Å². The zero-order valence-corrected chi connectivity index (χ0v) is 11.3. The van der Waals surface area contributed by atoms with Gasteiger partial charge in [0.2, 0.25) is 0 Å². The van der Waals surface area contributed by atoms with Crippen molar-refractivity contribution in [2.45, 2.75) is 26.3 Å². The first-order chi connectivity index (χ1) is 9.17. The molecule has 0 saturated carbocycles. The first-order valence-electron chi connectivity index (χ1n) is 6.55. The molecule has 1 atom stereocenters. The zero-order valence-electron chi connectivity index (χ0n) is 11.3. The third-order valence-electron chi connectivity index (χ3n) is 3.05. The molecule has 106 valence electrons. The van der Waals surface area contributed by atoms with Crippen LogP contribution in [-0.2, 0) is 6.54 Å². The van der Waals surface area contributed by atoms with Gasteiger partial charge in [-0.2, -0.15) is 0 Å². The van der Waals surface area contributed by atoms with E-state index in [0.29, 0.717) is 11.5 Å². The molecule has 1 rings (SSSR count). The van der Waals surface area contributed by atoms with Crippen molar-refractivity contribution in [3.8, 4) is 0 Å². The fraction of sp³-hybridized carbons (Fsp3) is 0.500. The van der Waals surface area contributed by atoms with Gasteiger partial charge in [0.1, 0.15) is 0 Å². The van der Waals surface area contributed by atoms with Crippen LogP contribution in [0.5, 0.6) is 0 Å². The molecule has 1 unspecified atom stereocenters. The summed E-state index contributed by atoms with van der Waals surface area (Å²) in [6.07, 6.45) is 2.09. The first kappa shape index (κ1) is 15.5. The van der Waals surface area contributed by atoms with Crippen molar-refractivity contribution in [3.05, 3.63) is 35.4 Å². The largest absolute Gasteiger partial charge is 0.409 e. The van der Waals surface area contributed by atoms with Gasteiger partial charge in [-0.1, -0.05) is 36.3 Å². The van der Waals surface area contributed by atoms with E-state index in [4.69, 9.17) is 16.0 Å². The van der Waals surface area contributed by atoms with Gasteiger partial charge in [-0.05, 0) is 30.9 Å². The van der Waals surface area contributed by atoms with Crippen LogP contribution in [0.4, 0.5) is 0 Å². The molecule has 5 heteroatoms. The Balaban J connectivity index is 2.27. The number of hydrogen-bond donors (Lipinski definition) is 4. The van der Waals surface area contributed by atoms with E-state index in [2.05, 4.69) is 10.5 Å². The number of aliphatic hydroxyl groups excluding tert-OH is 1. The monoisotopic (exact) mass is 265 g/mol. The molecule has 1 aromatic carbocycles. The molecule has 5 nitrogen and oxygen atoms in total. The quantitative estimate of drug-likeness (QED) is 0.187. The van der Waals surface area contributed by atoms with Gasteiger partial charge in [0.15, 0.2) is 5.84 Å². The summed E-state index contributed by atoms with van der Waals surface area (Å²) in [6.45, 7) is 4.04. The molecular weight excluding hydrogens is 242 g/mol. The maximum atomic E-state index is 8.90. The second kappa shape index (κ2) is 8.50. The molecular formula is C14H23N3O2. The summed E-state index contributed by atoms with van der Waals surface area (Å²) < 4.78 is 0. The first-order valence-corrected chi connectivity index (χ1v) is 6.55. The predicted octanol–water partition coefficient (Wildman–Crippen LogP) is 1.28. The summed E-state index contributed by atoms with van der Waals surface area (Å²) >= 11 is 0. The Morgan fingerprint density at radius 2 is 2.05 bits per heavy atom. The Morgan fingerprint density at radius 3 is 2.63 bits per heavy atom. The fourth-order valence-corrected chi connectivity index (χ4v) is 1.75. The minimum atomic E-state index is 0.123. The highest BCUT2D eigenvalue weighted by molar-refractivity contribution is 5.96. The van der Waals surface area contributed by atoms with Crippen LogP contribution in [0.2, 0.25) is 0 Å². The summed E-state index contributed by atoms with van der Waals surface area (Å²) in [5, 5.41) is 23.8. The van der Waals surface area contributed by atoms with E-state index in [-0.39, 0.29) is 12.4 Å². The van der Waals surface area contributed by atoms with Gasteiger partial charge in [-0.15, -0.1) is 0 Å². The van der Waals surface area contributed by atoms with Crippen LogP contribution in [0.15, 0.2) is 29.4 Å². The summed E-state index contributed by atoms with van der Waals surface area (Å²) in [5.41, 5.74) is 7.36. The molecule has 5 N–H and O–H groups in total. The highest BCUT2D eigenvalue weighted by atomic mass is 16.4. The van der Waals surface area contributed by atoms with E-state index in [0.717, 1.165) is 31.5 Å². The Morgan fingerprint density at radius 1 is 1.37 bits per heavy atom. The third-order valence-corrected chi connectivity index (χ3v) is 3.05. The second-order valence-electron chi connectivity index (χ2n) is 4.79. The van der Waals surface area contributed by atoms with Crippen LogP contribution >= 0.6 is 0 Å². The van der Waals surface area contributed by atoms with Gasteiger partial charge in [0, 0.05) is 18.7 Å². The summed E-state index contributed by atoms with van der Waals surface area (Å²) in [7, 11) is 0. The predicted molar refractivity (Wildman–Crippen MR) is 76.1 cm³/mol. The molecule has 0 bridgehead atoms. The van der Waals surface area contributed by atoms with Gasteiger partial charge in [-0.25, -0.2) is 0 Å². The van der Waals surface area contributed by atoms with Crippen LogP contribution in [-0.4, -0.2) is 29.3 Å². The van der Waals surface area contributed by atoms with E-state index < -0.39 is 0 Å². The van der Waals surface area contributed by atoms with Crippen molar-refractivity contribution in [1.29, 1.82) is 0 Å². The smallest absolute Gasteiger partial charge is 0.170 e. The number of nitrogens with two attached hydrogens (primary N) is 1. The summed E-state index contributed by atoms with van der Waals surface area (Å²) in [4.78, 5) is 0. The average molecular weight is 265 g/mol. The van der Waals surface area contributed by atoms with Gasteiger partial charge < -0.3 is 21.4 Å². The lowest BCUT2D eigenvalue weighted by Crippen LogP contribution is -2.16. The molecule has 0 fully saturated rings. The lowest BCUT2D eigenvalue weighted by Gasteiger charge is -2.08. The van der Waals surface area contributed by atoms with Crippen LogP contribution in [0, 0.1) is 5.92 Å². The Bertz CT molecular complexity index is 390. The van der Waals surface area contributed by atoms with E-state index in [9.17, 15) is 0 Å². The number of amidine groups is 1. The van der Waals surface area contributed by atoms with E-state index in [1.54, 1.807) is 0 Å². The van der Waals surface area contributed by atoms with Crippen LogP contribution in [0.25, 0.3) is 0 Å². The topological polar surface area (TPSA) is 90.9 Å². The standard InChI is InChI=1S/C14H23N3O2/c1-11(10-18)3-2-8-16-9-12-4-6-13(7-5-12)14(15)17-19/h4-7,11,16,18-19H,2-3,8-10H2,1H3,(H2,15,17). The van der Waals surface area contributed by atoms with E-state index in [1.807, 2.05) is 31.2 Å². The zero-order chi connectivity index (χ0) is 14.1. The van der Waals surface area contributed by atoms with E-state index in [1.165, 1.54) is 0 Å². The number of nitrogens with zero attached hydrogens (tertiary/aromatic N) is 1. The molecule has 1 aromatic rings. The minimum Gasteiger partial charge on any atom is -0.409 e. The number of aliphatic hydroxyl groups is 1. The molecule has 0 saturated heterocycles. The lowest BCUT2D eigenvalue weighted by atomic mass is 10.1. The Labute approximate surface area is 114 Å². The van der Waals surface area contributed by atoms with Crippen molar-refractivity contribution >= 4 is 5.84 Å². The van der Waals surface area contributed by atoms with Gasteiger partial charge in [0.25, 0.3) is 0 Å². The summed E-state index contributed by atoms with van der Waals surface area (Å²) in [5.74, 6) is 0.499. The average Bonchev–Trinajstić information content (AvgIpc) is 2.46.